The topological polar surface area (TPSA) is 17.1 Å². The second-order valence-corrected chi connectivity index (χ2v) is 3.89. The molecule has 1 nitrogen and oxygen atoms in total. The van der Waals surface area contributed by atoms with E-state index in [1.54, 1.807) is 0 Å². The van der Waals surface area contributed by atoms with Gasteiger partial charge in [0.25, 0.3) is 0 Å². The molecule has 0 heterocycles. The van der Waals surface area contributed by atoms with Crippen molar-refractivity contribution in [3.8, 4) is 0 Å². The van der Waals surface area contributed by atoms with Crippen LogP contribution in [-0.2, 0) is 0 Å². The van der Waals surface area contributed by atoms with Gasteiger partial charge in [0.1, 0.15) is 5.82 Å². The van der Waals surface area contributed by atoms with Crippen LogP contribution in [0.3, 0.4) is 0 Å². The van der Waals surface area contributed by atoms with Gasteiger partial charge in [0, 0.05) is 4.47 Å². The van der Waals surface area contributed by atoms with Gasteiger partial charge in [0.05, 0.1) is 16.5 Å². The van der Waals surface area contributed by atoms with Gasteiger partial charge in [-0.05, 0) is 12.1 Å². The lowest BCUT2D eigenvalue weighted by molar-refractivity contribution is 0.101. The quantitative estimate of drug-likeness (QED) is 0.599. The highest BCUT2D eigenvalue weighted by molar-refractivity contribution is 9.10. The summed E-state index contributed by atoms with van der Waals surface area (Å²) in [5.41, 5.74) is -0.153. The summed E-state index contributed by atoms with van der Waals surface area (Å²) in [7, 11) is 0. The molecule has 0 aliphatic carbocycles. The van der Waals surface area contributed by atoms with Gasteiger partial charge in [-0.25, -0.2) is 4.39 Å². The van der Waals surface area contributed by atoms with E-state index in [-0.39, 0.29) is 16.5 Å². The summed E-state index contributed by atoms with van der Waals surface area (Å²) in [5.74, 6) is -1.46. The first-order chi connectivity index (χ1) is 6.06. The van der Waals surface area contributed by atoms with Gasteiger partial charge in [0.15, 0.2) is 5.78 Å². The van der Waals surface area contributed by atoms with Gasteiger partial charge in [-0.2, -0.15) is 0 Å². The zero-order valence-electron chi connectivity index (χ0n) is 6.28. The minimum Gasteiger partial charge on any atom is -0.293 e. The Hall–Kier alpha value is -0.120. The standard InChI is InChI=1S/C8H4BrCl2FO/c9-4-1-5(11)8(6(12)2-4)7(13)3-10/h1-2H,3H2. The summed E-state index contributed by atoms with van der Waals surface area (Å²) in [6, 6.07) is 2.62. The van der Waals surface area contributed by atoms with E-state index < -0.39 is 11.6 Å². The molecule has 0 unspecified atom stereocenters. The van der Waals surface area contributed by atoms with Crippen LogP contribution in [0, 0.1) is 5.82 Å². The van der Waals surface area contributed by atoms with Crippen LogP contribution >= 0.6 is 39.1 Å². The molecule has 0 fully saturated rings. The SMILES string of the molecule is O=C(CCl)c1c(F)cc(Br)cc1Cl. The monoisotopic (exact) mass is 284 g/mol. The second-order valence-electron chi connectivity index (χ2n) is 2.30. The molecule has 0 atom stereocenters. The number of carbonyl (C=O) groups is 1. The predicted molar refractivity (Wildman–Crippen MR) is 54.2 cm³/mol. The van der Waals surface area contributed by atoms with Gasteiger partial charge < -0.3 is 0 Å². The Balaban J connectivity index is 3.28. The van der Waals surface area contributed by atoms with Crippen molar-refractivity contribution in [2.24, 2.45) is 0 Å². The number of benzene rings is 1. The van der Waals surface area contributed by atoms with Gasteiger partial charge in [-0.1, -0.05) is 27.5 Å². The first-order valence-electron chi connectivity index (χ1n) is 3.30. The zero-order valence-corrected chi connectivity index (χ0v) is 9.38. The lowest BCUT2D eigenvalue weighted by Crippen LogP contribution is -2.04. The lowest BCUT2D eigenvalue weighted by Gasteiger charge is -2.03. The van der Waals surface area contributed by atoms with E-state index in [9.17, 15) is 9.18 Å². The maximum absolute atomic E-state index is 13.2. The number of ketones is 1. The van der Waals surface area contributed by atoms with Crippen LogP contribution < -0.4 is 0 Å². The van der Waals surface area contributed by atoms with E-state index in [1.807, 2.05) is 0 Å². The number of hydrogen-bond acceptors (Lipinski definition) is 1. The first-order valence-corrected chi connectivity index (χ1v) is 5.00. The van der Waals surface area contributed by atoms with E-state index in [1.165, 1.54) is 12.1 Å². The van der Waals surface area contributed by atoms with E-state index in [0.717, 1.165) is 0 Å². The van der Waals surface area contributed by atoms with Crippen LogP contribution in [0.25, 0.3) is 0 Å². The Bertz CT molecular complexity index is 331. The van der Waals surface area contributed by atoms with Crippen molar-refractivity contribution >= 4 is 44.9 Å². The summed E-state index contributed by atoms with van der Waals surface area (Å²) in [6.45, 7) is 0. The smallest absolute Gasteiger partial charge is 0.182 e. The second kappa shape index (κ2) is 4.40. The molecule has 0 N–H and O–H groups in total. The molecule has 0 aromatic heterocycles. The molecule has 0 aliphatic rings. The van der Waals surface area contributed by atoms with Crippen molar-refractivity contribution < 1.29 is 9.18 Å². The van der Waals surface area contributed by atoms with Gasteiger partial charge in [0.2, 0.25) is 0 Å². The van der Waals surface area contributed by atoms with Crippen molar-refractivity contribution in [2.75, 3.05) is 5.88 Å². The molecule has 1 aromatic carbocycles. The third-order valence-corrected chi connectivity index (χ3v) is 2.41. The first kappa shape index (κ1) is 11.0. The predicted octanol–water partition coefficient (Wildman–Crippen LogP) is 3.66. The van der Waals surface area contributed by atoms with Crippen molar-refractivity contribution in [3.63, 3.8) is 0 Å². The summed E-state index contributed by atoms with van der Waals surface area (Å²) in [4.78, 5) is 11.1. The minimum absolute atomic E-state index is 0.0672. The molecule has 1 rings (SSSR count). The third-order valence-electron chi connectivity index (χ3n) is 1.41. The number of hydrogen-bond donors (Lipinski definition) is 0. The molecule has 0 saturated carbocycles. The molecule has 0 radical (unpaired) electrons. The van der Waals surface area contributed by atoms with Crippen molar-refractivity contribution in [3.05, 3.63) is 33.0 Å². The van der Waals surface area contributed by atoms with Crippen LogP contribution in [0.1, 0.15) is 10.4 Å². The number of alkyl halides is 1. The Labute approximate surface area is 93.0 Å². The number of Topliss-reactive ketones (excluding diaryl/α,β-unsaturated/α-hetero) is 1. The molecule has 0 aliphatic heterocycles. The Morgan fingerprint density at radius 2 is 2.15 bits per heavy atom. The summed E-state index contributed by atoms with van der Waals surface area (Å²) in [5, 5.41) is 0.0672. The van der Waals surface area contributed by atoms with E-state index in [4.69, 9.17) is 23.2 Å². The average molecular weight is 286 g/mol. The highest BCUT2D eigenvalue weighted by Crippen LogP contribution is 2.25. The summed E-state index contributed by atoms with van der Waals surface area (Å²) < 4.78 is 13.6. The van der Waals surface area contributed by atoms with Gasteiger partial charge in [-0.15, -0.1) is 11.6 Å². The molecule has 13 heavy (non-hydrogen) atoms. The molecule has 70 valence electrons. The Kier molecular flexibility index (Phi) is 3.71. The average Bonchev–Trinajstić information content (AvgIpc) is 2.02. The molecule has 0 amide bonds. The molecule has 5 heteroatoms. The fraction of sp³-hybridized carbons (Fsp3) is 0.125. The van der Waals surface area contributed by atoms with Crippen molar-refractivity contribution in [1.82, 2.24) is 0 Å². The maximum atomic E-state index is 13.2. The molecule has 1 aromatic rings. The van der Waals surface area contributed by atoms with Crippen molar-refractivity contribution in [2.45, 2.75) is 0 Å². The number of rotatable bonds is 2. The number of halogens is 4. The van der Waals surface area contributed by atoms with E-state index in [0.29, 0.717) is 4.47 Å². The third kappa shape index (κ3) is 2.42. The summed E-state index contributed by atoms with van der Waals surface area (Å²) in [6.07, 6.45) is 0. The number of carbonyl (C=O) groups excluding carboxylic acids is 1. The van der Waals surface area contributed by atoms with Crippen LogP contribution in [0.2, 0.25) is 5.02 Å². The molecule has 0 bridgehead atoms. The Morgan fingerprint density at radius 1 is 1.54 bits per heavy atom. The fourth-order valence-corrected chi connectivity index (χ4v) is 1.88. The highest BCUT2D eigenvalue weighted by atomic mass is 79.9. The highest BCUT2D eigenvalue weighted by Gasteiger charge is 2.15. The van der Waals surface area contributed by atoms with Crippen LogP contribution in [-0.4, -0.2) is 11.7 Å². The molecular weight excluding hydrogens is 282 g/mol. The van der Waals surface area contributed by atoms with Gasteiger partial charge in [-0.3, -0.25) is 4.79 Å². The normalized spacial score (nSPS) is 10.2. The van der Waals surface area contributed by atoms with Crippen LogP contribution in [0.4, 0.5) is 4.39 Å². The Morgan fingerprint density at radius 3 is 2.62 bits per heavy atom. The maximum Gasteiger partial charge on any atom is 0.182 e. The fourth-order valence-electron chi connectivity index (χ4n) is 0.875. The van der Waals surface area contributed by atoms with Crippen LogP contribution in [0.15, 0.2) is 16.6 Å². The van der Waals surface area contributed by atoms with E-state index in [2.05, 4.69) is 15.9 Å². The van der Waals surface area contributed by atoms with Gasteiger partial charge >= 0.3 is 0 Å². The molecule has 0 spiro atoms. The lowest BCUT2D eigenvalue weighted by atomic mass is 10.1. The van der Waals surface area contributed by atoms with Crippen LogP contribution in [0.5, 0.6) is 0 Å². The summed E-state index contributed by atoms with van der Waals surface area (Å²) >= 11 is 14.0. The largest absolute Gasteiger partial charge is 0.293 e. The minimum atomic E-state index is -0.662. The van der Waals surface area contributed by atoms with E-state index >= 15 is 0 Å². The van der Waals surface area contributed by atoms with Crippen molar-refractivity contribution in [1.29, 1.82) is 0 Å². The zero-order chi connectivity index (χ0) is 10.0. The molecular formula is C8H4BrCl2FO. The molecule has 0 saturated heterocycles.